The summed E-state index contributed by atoms with van der Waals surface area (Å²) in [5, 5.41) is 3.76. The Balaban J connectivity index is 1.66. The number of carbonyl (C=O) groups is 2. The maximum Gasteiger partial charge on any atom is 0.194 e. The van der Waals surface area contributed by atoms with Gasteiger partial charge in [-0.2, -0.15) is 0 Å². The molecule has 0 spiro atoms. The molecule has 4 heteroatoms. The molecule has 3 aromatic carbocycles. The van der Waals surface area contributed by atoms with Crippen molar-refractivity contribution in [2.45, 2.75) is 12.8 Å². The Morgan fingerprint density at radius 2 is 1.25 bits per heavy atom. The van der Waals surface area contributed by atoms with Crippen molar-refractivity contribution >= 4 is 38.8 Å². The summed E-state index contributed by atoms with van der Waals surface area (Å²) in [5.41, 5.74) is 8.22. The van der Waals surface area contributed by atoms with Gasteiger partial charge in [-0.1, -0.05) is 48.5 Å². The van der Waals surface area contributed by atoms with Gasteiger partial charge in [0.05, 0.1) is 22.6 Å². The first-order valence-electron chi connectivity index (χ1n) is 10.8. The highest BCUT2D eigenvalue weighted by Crippen LogP contribution is 2.44. The summed E-state index contributed by atoms with van der Waals surface area (Å²) in [5.74, 6) is 0.108. The molecule has 0 saturated heterocycles. The number of hydrogen-bond acceptors (Lipinski definition) is 4. The number of nitrogens with zero attached hydrogens (tertiary/aromatic N) is 2. The molecule has 0 radical (unpaired) electrons. The zero-order chi connectivity index (χ0) is 21.1. The molecule has 0 unspecified atom stereocenters. The number of hydrogen-bond donors (Lipinski definition) is 0. The number of aryl methyl sites for hydroxylation is 1. The summed E-state index contributed by atoms with van der Waals surface area (Å²) in [6.45, 7) is 0. The van der Waals surface area contributed by atoms with E-state index >= 15 is 0 Å². The van der Waals surface area contributed by atoms with E-state index in [1.807, 2.05) is 60.7 Å². The molecule has 3 aliphatic rings. The molecule has 148 valence electrons. The number of pyridine rings is 2. The molecule has 32 heavy (non-hydrogen) atoms. The van der Waals surface area contributed by atoms with E-state index in [1.165, 1.54) is 0 Å². The van der Waals surface area contributed by atoms with E-state index < -0.39 is 0 Å². The average Bonchev–Trinajstić information content (AvgIpc) is 2.85. The van der Waals surface area contributed by atoms with Crippen molar-refractivity contribution < 1.29 is 9.59 Å². The van der Waals surface area contributed by atoms with Crippen molar-refractivity contribution in [3.05, 3.63) is 88.3 Å². The van der Waals surface area contributed by atoms with Gasteiger partial charge < -0.3 is 0 Å². The van der Waals surface area contributed by atoms with Crippen LogP contribution in [0.2, 0.25) is 0 Å². The van der Waals surface area contributed by atoms with Gasteiger partial charge >= 0.3 is 0 Å². The number of benzene rings is 3. The van der Waals surface area contributed by atoms with E-state index in [1.54, 1.807) is 0 Å². The first-order valence-corrected chi connectivity index (χ1v) is 10.8. The molecule has 0 atom stereocenters. The monoisotopic (exact) mass is 410 g/mol. The number of ketones is 2. The van der Waals surface area contributed by atoms with Crippen LogP contribution in [0.3, 0.4) is 0 Å². The second kappa shape index (κ2) is 5.35. The fourth-order valence-corrected chi connectivity index (χ4v) is 5.87. The third-order valence-corrected chi connectivity index (χ3v) is 7.21. The van der Waals surface area contributed by atoms with Crippen molar-refractivity contribution in [2.24, 2.45) is 0 Å². The largest absolute Gasteiger partial charge is 0.289 e. The van der Waals surface area contributed by atoms with Crippen LogP contribution in [0.15, 0.2) is 60.7 Å². The standard InChI is InChI=1S/C28H14N2O2/c31-27-15-7-3-1-5-13(15)25-21-17(27)9-12-20-23(21)24-19(29-25)11-10-18-22(24)26(30-20)14-6-2-4-8-16(14)28(18)32/h1-9,12H,10-11H2. The van der Waals surface area contributed by atoms with Crippen LogP contribution < -0.4 is 5.22 Å². The minimum absolute atomic E-state index is 0.0197. The summed E-state index contributed by atoms with van der Waals surface area (Å²) in [6.07, 6.45) is 1.36. The van der Waals surface area contributed by atoms with Gasteiger partial charge in [0.1, 0.15) is 0 Å². The SMILES string of the molecule is O=C1C2=c3c(nc4ccc5c6c(nc(c3c46)CC2)-c2ccccc2C5=O)-c2ccccc21. The summed E-state index contributed by atoms with van der Waals surface area (Å²) in [7, 11) is 0. The summed E-state index contributed by atoms with van der Waals surface area (Å²) in [6, 6.07) is 19.3. The summed E-state index contributed by atoms with van der Waals surface area (Å²) in [4.78, 5) is 37.0. The van der Waals surface area contributed by atoms with Gasteiger partial charge in [0.2, 0.25) is 0 Å². The molecule has 3 aliphatic carbocycles. The van der Waals surface area contributed by atoms with E-state index in [0.29, 0.717) is 24.0 Å². The average molecular weight is 410 g/mol. The van der Waals surface area contributed by atoms with Gasteiger partial charge in [-0.3, -0.25) is 14.6 Å². The molecule has 0 N–H and O–H groups in total. The van der Waals surface area contributed by atoms with E-state index in [0.717, 1.165) is 66.2 Å². The molecule has 5 aromatic rings. The van der Waals surface area contributed by atoms with Crippen molar-refractivity contribution in [1.82, 2.24) is 9.97 Å². The molecule has 0 aliphatic heterocycles. The van der Waals surface area contributed by atoms with Crippen LogP contribution in [-0.2, 0) is 6.42 Å². The van der Waals surface area contributed by atoms with Gasteiger partial charge in [0.15, 0.2) is 11.6 Å². The Hall–Kier alpha value is -4.18. The highest BCUT2D eigenvalue weighted by atomic mass is 16.1. The topological polar surface area (TPSA) is 59.9 Å². The highest BCUT2D eigenvalue weighted by molar-refractivity contribution is 6.33. The van der Waals surface area contributed by atoms with Gasteiger partial charge in [0, 0.05) is 54.8 Å². The number of aromatic nitrogens is 2. The Kier molecular flexibility index (Phi) is 2.76. The van der Waals surface area contributed by atoms with Crippen LogP contribution in [0.4, 0.5) is 0 Å². The van der Waals surface area contributed by atoms with Gasteiger partial charge in [-0.25, -0.2) is 4.98 Å². The Morgan fingerprint density at radius 3 is 2.03 bits per heavy atom. The molecule has 8 rings (SSSR count). The number of carbonyl (C=O) groups excluding carboxylic acids is 2. The first kappa shape index (κ1) is 16.5. The lowest BCUT2D eigenvalue weighted by molar-refractivity contribution is 0.103. The zero-order valence-electron chi connectivity index (χ0n) is 16.9. The first-order chi connectivity index (χ1) is 15.7. The molecule has 0 fully saturated rings. The fraction of sp³-hybridized carbons (Fsp3) is 0.0714. The highest BCUT2D eigenvalue weighted by Gasteiger charge is 2.34. The van der Waals surface area contributed by atoms with E-state index in [4.69, 9.17) is 9.97 Å². The molecule has 4 nitrogen and oxygen atoms in total. The molecule has 0 saturated carbocycles. The molecule has 2 heterocycles. The van der Waals surface area contributed by atoms with Crippen molar-refractivity contribution in [3.8, 4) is 22.5 Å². The van der Waals surface area contributed by atoms with Gasteiger partial charge in [-0.05, 0) is 25.0 Å². The Labute approximate surface area is 182 Å². The lowest BCUT2D eigenvalue weighted by Crippen LogP contribution is -2.29. The molecular weight excluding hydrogens is 396 g/mol. The number of rotatable bonds is 0. The smallest absolute Gasteiger partial charge is 0.194 e. The van der Waals surface area contributed by atoms with Crippen molar-refractivity contribution in [3.63, 3.8) is 0 Å². The van der Waals surface area contributed by atoms with E-state index in [9.17, 15) is 9.59 Å². The van der Waals surface area contributed by atoms with E-state index in [-0.39, 0.29) is 11.6 Å². The fourth-order valence-electron chi connectivity index (χ4n) is 5.87. The normalized spacial score (nSPS) is 15.3. The lowest BCUT2D eigenvalue weighted by atomic mass is 9.78. The van der Waals surface area contributed by atoms with Gasteiger partial charge in [0.25, 0.3) is 0 Å². The maximum absolute atomic E-state index is 13.4. The van der Waals surface area contributed by atoms with Crippen LogP contribution in [-0.4, -0.2) is 21.5 Å². The minimum Gasteiger partial charge on any atom is -0.289 e. The second-order valence-corrected chi connectivity index (χ2v) is 8.73. The Morgan fingerprint density at radius 1 is 0.562 bits per heavy atom. The summed E-state index contributed by atoms with van der Waals surface area (Å²) >= 11 is 0. The lowest BCUT2D eigenvalue weighted by Gasteiger charge is -2.27. The van der Waals surface area contributed by atoms with Gasteiger partial charge in [-0.15, -0.1) is 0 Å². The quantitative estimate of drug-likeness (QED) is 0.365. The predicted molar refractivity (Wildman–Crippen MR) is 123 cm³/mol. The maximum atomic E-state index is 13.4. The molecule has 2 aromatic heterocycles. The molecule has 0 amide bonds. The molecule has 0 bridgehead atoms. The third kappa shape index (κ3) is 1.73. The van der Waals surface area contributed by atoms with Crippen LogP contribution in [0.5, 0.6) is 0 Å². The number of Topliss-reactive ketones (excluding diaryl/α,β-unsaturated/α-hetero) is 1. The second-order valence-electron chi connectivity index (χ2n) is 8.73. The van der Waals surface area contributed by atoms with Crippen LogP contribution in [0, 0.1) is 0 Å². The van der Waals surface area contributed by atoms with Crippen LogP contribution in [0.1, 0.15) is 38.4 Å². The zero-order valence-corrected chi connectivity index (χ0v) is 16.9. The summed E-state index contributed by atoms with van der Waals surface area (Å²) < 4.78 is 0. The number of fused-ring (bicyclic) bond motifs is 4. The van der Waals surface area contributed by atoms with Crippen molar-refractivity contribution in [2.75, 3.05) is 0 Å². The molecular formula is C28H14N2O2. The minimum atomic E-state index is 0.0197. The van der Waals surface area contributed by atoms with Crippen LogP contribution >= 0.6 is 0 Å². The van der Waals surface area contributed by atoms with E-state index in [2.05, 4.69) is 0 Å². The third-order valence-electron chi connectivity index (χ3n) is 7.21. The van der Waals surface area contributed by atoms with Crippen LogP contribution in [0.25, 0.3) is 49.8 Å². The van der Waals surface area contributed by atoms with Crippen molar-refractivity contribution in [1.29, 1.82) is 0 Å². The predicted octanol–water partition coefficient (Wildman–Crippen LogP) is 4.67. The Bertz CT molecular complexity index is 1810.